The normalized spacial score (nSPS) is 16.3. The molecule has 0 atom stereocenters. The number of aryl methyl sites for hydroxylation is 1. The van der Waals surface area contributed by atoms with Crippen molar-refractivity contribution in [2.45, 2.75) is 32.6 Å². The molecule has 1 aliphatic heterocycles. The summed E-state index contributed by atoms with van der Waals surface area (Å²) < 4.78 is 5.15. The fourth-order valence-electron chi connectivity index (χ4n) is 4.17. The number of fused-ring (bicyclic) bond motifs is 2. The number of benzene rings is 1. The number of nitrogens with two attached hydrogens (primary N) is 1. The Hall–Kier alpha value is -2.53. The summed E-state index contributed by atoms with van der Waals surface area (Å²) in [5.41, 5.74) is 14.0. The lowest BCUT2D eigenvalue weighted by Gasteiger charge is -2.29. The third kappa shape index (κ3) is 3.35. The molecule has 0 spiro atoms. The van der Waals surface area contributed by atoms with Crippen LogP contribution in [0.2, 0.25) is 5.02 Å². The first-order chi connectivity index (χ1) is 13.6. The molecule has 6 heteroatoms. The molecule has 1 saturated heterocycles. The lowest BCUT2D eigenvalue weighted by atomic mass is 9.88. The van der Waals surface area contributed by atoms with Crippen LogP contribution in [0.5, 0.6) is 0 Å². The molecular weight excluding hydrogens is 374 g/mol. The number of anilines is 1. The van der Waals surface area contributed by atoms with Crippen molar-refractivity contribution < 1.29 is 9.53 Å². The Morgan fingerprint density at radius 2 is 2.00 bits per heavy atom. The highest BCUT2D eigenvalue weighted by Gasteiger charge is 2.27. The summed E-state index contributed by atoms with van der Waals surface area (Å²) in [6.45, 7) is 3.53. The number of nitrogen functional groups attached to an aromatic ring is 1. The SMILES string of the molecule is CCOC(=O)N1CCC(=C2c3ccc(Cl)c(N)c3CCc3cccnc32)CC1. The second-order valence-corrected chi connectivity index (χ2v) is 7.57. The molecule has 2 aromatic rings. The average Bonchev–Trinajstić information content (AvgIpc) is 2.88. The third-order valence-electron chi connectivity index (χ3n) is 5.59. The number of carbonyl (C=O) groups excluding carboxylic acids is 1. The zero-order valence-corrected chi connectivity index (χ0v) is 16.8. The number of piperidine rings is 1. The van der Waals surface area contributed by atoms with Crippen molar-refractivity contribution in [3.63, 3.8) is 0 Å². The predicted molar refractivity (Wildman–Crippen MR) is 111 cm³/mol. The Balaban J connectivity index is 1.79. The van der Waals surface area contributed by atoms with Gasteiger partial charge in [0.1, 0.15) is 0 Å². The number of hydrogen-bond acceptors (Lipinski definition) is 4. The lowest BCUT2D eigenvalue weighted by molar-refractivity contribution is 0.104. The number of nitrogens with zero attached hydrogens (tertiary/aromatic N) is 2. The molecule has 1 aromatic heterocycles. The minimum absolute atomic E-state index is 0.234. The first-order valence-corrected chi connectivity index (χ1v) is 10.1. The second kappa shape index (κ2) is 7.84. The summed E-state index contributed by atoms with van der Waals surface area (Å²) in [5.74, 6) is 0. The van der Waals surface area contributed by atoms with E-state index in [4.69, 9.17) is 27.1 Å². The van der Waals surface area contributed by atoms with Gasteiger partial charge in [0.05, 0.1) is 23.0 Å². The van der Waals surface area contributed by atoms with Crippen LogP contribution in [0.1, 0.15) is 42.1 Å². The Labute approximate surface area is 170 Å². The highest BCUT2D eigenvalue weighted by atomic mass is 35.5. The van der Waals surface area contributed by atoms with Crippen LogP contribution in [0.15, 0.2) is 36.0 Å². The maximum absolute atomic E-state index is 12.1. The topological polar surface area (TPSA) is 68.5 Å². The highest BCUT2D eigenvalue weighted by Crippen LogP contribution is 2.41. The van der Waals surface area contributed by atoms with Gasteiger partial charge >= 0.3 is 6.09 Å². The maximum atomic E-state index is 12.1. The number of ether oxygens (including phenoxy) is 1. The average molecular weight is 398 g/mol. The molecule has 1 fully saturated rings. The number of amides is 1. The van der Waals surface area contributed by atoms with E-state index in [1.54, 1.807) is 4.90 Å². The van der Waals surface area contributed by atoms with Gasteiger partial charge in [0.25, 0.3) is 0 Å². The minimum atomic E-state index is -0.234. The van der Waals surface area contributed by atoms with Crippen LogP contribution in [0, 0.1) is 0 Å². The van der Waals surface area contributed by atoms with Crippen molar-refractivity contribution in [2.75, 3.05) is 25.4 Å². The van der Waals surface area contributed by atoms with E-state index in [0.29, 0.717) is 30.4 Å². The highest BCUT2D eigenvalue weighted by molar-refractivity contribution is 6.33. The van der Waals surface area contributed by atoms with Crippen molar-refractivity contribution in [3.8, 4) is 0 Å². The number of halogens is 1. The van der Waals surface area contributed by atoms with E-state index in [-0.39, 0.29) is 6.09 Å². The predicted octanol–water partition coefficient (Wildman–Crippen LogP) is 4.47. The molecule has 2 heterocycles. The van der Waals surface area contributed by atoms with Gasteiger partial charge in [0.15, 0.2) is 0 Å². The van der Waals surface area contributed by atoms with Crippen molar-refractivity contribution in [1.82, 2.24) is 9.88 Å². The van der Waals surface area contributed by atoms with E-state index in [1.165, 1.54) is 11.1 Å². The number of likely N-dealkylation sites (tertiary alicyclic amines) is 1. The van der Waals surface area contributed by atoms with Crippen molar-refractivity contribution >= 4 is 29.0 Å². The van der Waals surface area contributed by atoms with E-state index in [0.717, 1.165) is 48.1 Å². The van der Waals surface area contributed by atoms with Crippen molar-refractivity contribution in [1.29, 1.82) is 0 Å². The van der Waals surface area contributed by atoms with Gasteiger partial charge in [-0.05, 0) is 61.4 Å². The van der Waals surface area contributed by atoms with Crippen LogP contribution in [0.4, 0.5) is 10.5 Å². The van der Waals surface area contributed by atoms with Gasteiger partial charge in [-0.15, -0.1) is 0 Å². The van der Waals surface area contributed by atoms with Gasteiger partial charge in [-0.25, -0.2) is 4.79 Å². The minimum Gasteiger partial charge on any atom is -0.450 e. The molecule has 146 valence electrons. The van der Waals surface area contributed by atoms with Crippen LogP contribution < -0.4 is 5.73 Å². The fourth-order valence-corrected chi connectivity index (χ4v) is 4.35. The summed E-state index contributed by atoms with van der Waals surface area (Å²) in [7, 11) is 0. The second-order valence-electron chi connectivity index (χ2n) is 7.16. The van der Waals surface area contributed by atoms with Crippen LogP contribution in [-0.2, 0) is 17.6 Å². The van der Waals surface area contributed by atoms with Crippen LogP contribution >= 0.6 is 11.6 Å². The molecule has 5 nitrogen and oxygen atoms in total. The number of hydrogen-bond donors (Lipinski definition) is 1. The summed E-state index contributed by atoms with van der Waals surface area (Å²) in [6, 6.07) is 8.06. The van der Waals surface area contributed by atoms with Gasteiger partial charge < -0.3 is 15.4 Å². The molecule has 1 aliphatic carbocycles. The van der Waals surface area contributed by atoms with Gasteiger partial charge in [-0.1, -0.05) is 29.3 Å². The van der Waals surface area contributed by atoms with Crippen LogP contribution in [-0.4, -0.2) is 35.7 Å². The molecule has 0 unspecified atom stereocenters. The summed E-state index contributed by atoms with van der Waals surface area (Å²) in [5, 5.41) is 0.596. The quantitative estimate of drug-likeness (QED) is 0.721. The number of carbonyl (C=O) groups is 1. The van der Waals surface area contributed by atoms with Gasteiger partial charge in [-0.2, -0.15) is 0 Å². The van der Waals surface area contributed by atoms with E-state index in [2.05, 4.69) is 12.1 Å². The van der Waals surface area contributed by atoms with Crippen molar-refractivity contribution in [3.05, 3.63) is 63.4 Å². The van der Waals surface area contributed by atoms with Gasteiger partial charge in [0.2, 0.25) is 0 Å². The van der Waals surface area contributed by atoms with E-state index in [9.17, 15) is 4.79 Å². The largest absolute Gasteiger partial charge is 0.450 e. The van der Waals surface area contributed by atoms with E-state index in [1.807, 2.05) is 25.3 Å². The van der Waals surface area contributed by atoms with E-state index >= 15 is 0 Å². The Morgan fingerprint density at radius 3 is 2.75 bits per heavy atom. The molecule has 0 radical (unpaired) electrons. The molecule has 28 heavy (non-hydrogen) atoms. The number of pyridine rings is 1. The maximum Gasteiger partial charge on any atom is 0.409 e. The summed E-state index contributed by atoms with van der Waals surface area (Å²) in [6.07, 6.45) is 4.93. The molecule has 4 rings (SSSR count). The Morgan fingerprint density at radius 1 is 1.21 bits per heavy atom. The zero-order chi connectivity index (χ0) is 19.7. The molecule has 2 N–H and O–H groups in total. The van der Waals surface area contributed by atoms with Gasteiger partial charge in [0, 0.05) is 24.9 Å². The van der Waals surface area contributed by atoms with Gasteiger partial charge in [-0.3, -0.25) is 4.98 Å². The third-order valence-corrected chi connectivity index (χ3v) is 5.92. The molecule has 1 amide bonds. The molecule has 0 bridgehead atoms. The molecule has 0 saturated carbocycles. The number of rotatable bonds is 1. The smallest absolute Gasteiger partial charge is 0.409 e. The number of aromatic nitrogens is 1. The molecule has 2 aliphatic rings. The Kier molecular flexibility index (Phi) is 5.27. The van der Waals surface area contributed by atoms with E-state index < -0.39 is 0 Å². The van der Waals surface area contributed by atoms with Crippen LogP contribution in [0.25, 0.3) is 5.57 Å². The van der Waals surface area contributed by atoms with Crippen LogP contribution in [0.3, 0.4) is 0 Å². The first kappa shape index (κ1) is 18.8. The fraction of sp³-hybridized carbons (Fsp3) is 0.364. The Bertz CT molecular complexity index is 945. The lowest BCUT2D eigenvalue weighted by Crippen LogP contribution is -2.37. The summed E-state index contributed by atoms with van der Waals surface area (Å²) >= 11 is 6.31. The first-order valence-electron chi connectivity index (χ1n) is 9.75. The summed E-state index contributed by atoms with van der Waals surface area (Å²) in [4.78, 5) is 18.6. The molecular formula is C22H24ClN3O2. The zero-order valence-electron chi connectivity index (χ0n) is 16.0. The van der Waals surface area contributed by atoms with Crippen molar-refractivity contribution in [2.24, 2.45) is 0 Å². The standard InChI is InChI=1S/C22H24ClN3O2/c1-2-28-22(27)26-12-9-14(10-13-26)19-16-7-8-18(23)20(24)17(16)6-5-15-4-3-11-25-21(15)19/h3-4,7-8,11H,2,5-6,9-10,12-13,24H2,1H3. The monoisotopic (exact) mass is 397 g/mol. The molecule has 1 aromatic carbocycles.